The number of esters is 1. The largest absolute Gasteiger partial charge is 0.495 e. The van der Waals surface area contributed by atoms with E-state index in [1.807, 2.05) is 12.1 Å². The zero-order valence-electron chi connectivity index (χ0n) is 13.6. The van der Waals surface area contributed by atoms with E-state index in [0.717, 1.165) is 52.8 Å². The molecule has 1 saturated carbocycles. The van der Waals surface area contributed by atoms with E-state index in [0.29, 0.717) is 5.92 Å². The Hall–Kier alpha value is -1.56. The van der Waals surface area contributed by atoms with Crippen LogP contribution in [0.2, 0.25) is 0 Å². The number of imidazole rings is 1. The molecule has 3 rings (SSSR count). The van der Waals surface area contributed by atoms with Crippen LogP contribution in [0.5, 0.6) is 5.75 Å². The second-order valence-corrected chi connectivity index (χ2v) is 6.93. The van der Waals surface area contributed by atoms with Crippen molar-refractivity contribution < 1.29 is 14.3 Å². The van der Waals surface area contributed by atoms with Crippen LogP contribution >= 0.6 is 15.9 Å². The van der Waals surface area contributed by atoms with Gasteiger partial charge in [-0.05, 0) is 47.7 Å². The molecule has 124 valence electrons. The van der Waals surface area contributed by atoms with E-state index in [-0.39, 0.29) is 11.9 Å². The van der Waals surface area contributed by atoms with Crippen molar-refractivity contribution in [1.29, 1.82) is 0 Å². The monoisotopic (exact) mass is 380 g/mol. The van der Waals surface area contributed by atoms with E-state index in [4.69, 9.17) is 14.5 Å². The number of ether oxygens (including phenoxy) is 2. The van der Waals surface area contributed by atoms with Crippen molar-refractivity contribution in [3.8, 4) is 5.75 Å². The molecule has 0 amide bonds. The molecule has 0 radical (unpaired) electrons. The van der Waals surface area contributed by atoms with Gasteiger partial charge in [-0.1, -0.05) is 0 Å². The molecule has 1 aromatic heterocycles. The smallest absolute Gasteiger partial charge is 0.308 e. The SMILES string of the molecule is COc1cc2nc([C@H]3CC[C@H](C(=O)OC)CC3)n(C)c2cc1Br. The molecule has 23 heavy (non-hydrogen) atoms. The van der Waals surface area contributed by atoms with Crippen LogP contribution in [0.15, 0.2) is 16.6 Å². The number of fused-ring (bicyclic) bond motifs is 1. The molecule has 0 unspecified atom stereocenters. The number of carbonyl (C=O) groups is 1. The summed E-state index contributed by atoms with van der Waals surface area (Å²) >= 11 is 3.53. The third kappa shape index (κ3) is 2.96. The number of benzene rings is 1. The van der Waals surface area contributed by atoms with Crippen LogP contribution < -0.4 is 4.74 Å². The average Bonchev–Trinajstić information content (AvgIpc) is 2.89. The summed E-state index contributed by atoms with van der Waals surface area (Å²) in [4.78, 5) is 16.5. The van der Waals surface area contributed by atoms with Crippen molar-refractivity contribution in [1.82, 2.24) is 9.55 Å². The minimum atomic E-state index is -0.0814. The fraction of sp³-hybridized carbons (Fsp3) is 0.529. The van der Waals surface area contributed by atoms with Crippen molar-refractivity contribution in [2.24, 2.45) is 13.0 Å². The first-order valence-electron chi connectivity index (χ1n) is 7.82. The third-order valence-electron chi connectivity index (χ3n) is 4.82. The van der Waals surface area contributed by atoms with E-state index in [9.17, 15) is 4.79 Å². The minimum Gasteiger partial charge on any atom is -0.495 e. The molecule has 1 fully saturated rings. The molecule has 0 aliphatic heterocycles. The number of hydrogen-bond donors (Lipinski definition) is 0. The zero-order chi connectivity index (χ0) is 16.6. The van der Waals surface area contributed by atoms with Crippen LogP contribution in [0.1, 0.15) is 37.4 Å². The fourth-order valence-electron chi connectivity index (χ4n) is 3.49. The standard InChI is InChI=1S/C17H21BrN2O3/c1-20-14-8-12(18)15(22-2)9-13(14)19-16(20)10-4-6-11(7-5-10)17(21)23-3/h8-11H,4-7H2,1-3H3/t10-,11-. The summed E-state index contributed by atoms with van der Waals surface area (Å²) in [5.74, 6) is 2.22. The topological polar surface area (TPSA) is 53.4 Å². The lowest BCUT2D eigenvalue weighted by Crippen LogP contribution is -2.23. The van der Waals surface area contributed by atoms with Gasteiger partial charge in [0.05, 0.1) is 35.6 Å². The zero-order valence-corrected chi connectivity index (χ0v) is 15.2. The van der Waals surface area contributed by atoms with Crippen molar-refractivity contribution in [2.75, 3.05) is 14.2 Å². The molecule has 0 bridgehead atoms. The van der Waals surface area contributed by atoms with Crippen molar-refractivity contribution >= 4 is 32.9 Å². The molecule has 0 saturated heterocycles. The van der Waals surface area contributed by atoms with Gasteiger partial charge in [-0.15, -0.1) is 0 Å². The molecule has 1 heterocycles. The van der Waals surface area contributed by atoms with E-state index >= 15 is 0 Å². The van der Waals surface area contributed by atoms with Gasteiger partial charge in [0.15, 0.2) is 0 Å². The van der Waals surface area contributed by atoms with Crippen LogP contribution in [-0.4, -0.2) is 29.7 Å². The fourth-order valence-corrected chi connectivity index (χ4v) is 3.98. The Morgan fingerprint density at radius 1 is 1.26 bits per heavy atom. The Bertz CT molecular complexity index is 733. The second kappa shape index (κ2) is 6.51. The van der Waals surface area contributed by atoms with Crippen molar-refractivity contribution in [2.45, 2.75) is 31.6 Å². The highest BCUT2D eigenvalue weighted by atomic mass is 79.9. The maximum Gasteiger partial charge on any atom is 0.308 e. The first-order valence-corrected chi connectivity index (χ1v) is 8.62. The van der Waals surface area contributed by atoms with Gasteiger partial charge in [0.1, 0.15) is 11.6 Å². The van der Waals surface area contributed by atoms with Crippen LogP contribution in [-0.2, 0) is 16.6 Å². The Morgan fingerprint density at radius 3 is 2.57 bits per heavy atom. The number of nitrogens with zero attached hydrogens (tertiary/aromatic N) is 2. The van der Waals surface area contributed by atoms with Gasteiger partial charge in [0.2, 0.25) is 0 Å². The summed E-state index contributed by atoms with van der Waals surface area (Å²) in [5, 5.41) is 0. The van der Waals surface area contributed by atoms with Gasteiger partial charge in [0, 0.05) is 19.0 Å². The van der Waals surface area contributed by atoms with Crippen LogP contribution in [0, 0.1) is 5.92 Å². The first kappa shape index (κ1) is 16.3. The normalized spacial score (nSPS) is 21.4. The minimum absolute atomic E-state index is 0.0418. The number of hydrogen-bond acceptors (Lipinski definition) is 4. The third-order valence-corrected chi connectivity index (χ3v) is 5.44. The number of halogens is 1. The summed E-state index contributed by atoms with van der Waals surface area (Å²) in [6, 6.07) is 4.01. The molecule has 6 heteroatoms. The lowest BCUT2D eigenvalue weighted by molar-refractivity contribution is -0.146. The summed E-state index contributed by atoms with van der Waals surface area (Å²) in [6.07, 6.45) is 3.67. The lowest BCUT2D eigenvalue weighted by Gasteiger charge is -2.26. The molecule has 1 aliphatic carbocycles. The summed E-state index contributed by atoms with van der Waals surface area (Å²) in [6.45, 7) is 0. The van der Waals surface area contributed by atoms with Gasteiger partial charge in [-0.3, -0.25) is 4.79 Å². The maximum atomic E-state index is 11.7. The van der Waals surface area contributed by atoms with E-state index in [2.05, 4.69) is 27.5 Å². The van der Waals surface area contributed by atoms with E-state index in [1.165, 1.54) is 7.11 Å². The van der Waals surface area contributed by atoms with E-state index < -0.39 is 0 Å². The van der Waals surface area contributed by atoms with Crippen LogP contribution in [0.4, 0.5) is 0 Å². The van der Waals surface area contributed by atoms with Crippen molar-refractivity contribution in [3.63, 3.8) is 0 Å². The highest BCUT2D eigenvalue weighted by molar-refractivity contribution is 9.10. The molecular weight excluding hydrogens is 360 g/mol. The van der Waals surface area contributed by atoms with Crippen LogP contribution in [0.25, 0.3) is 11.0 Å². The van der Waals surface area contributed by atoms with Gasteiger partial charge in [-0.2, -0.15) is 0 Å². The number of aryl methyl sites for hydroxylation is 1. The van der Waals surface area contributed by atoms with Crippen molar-refractivity contribution in [3.05, 3.63) is 22.4 Å². The Kier molecular flexibility index (Phi) is 4.62. The molecule has 0 atom stereocenters. The molecule has 5 nitrogen and oxygen atoms in total. The Balaban J connectivity index is 1.86. The molecular formula is C17H21BrN2O3. The predicted octanol–water partition coefficient (Wildman–Crippen LogP) is 3.79. The molecule has 1 aliphatic rings. The lowest BCUT2D eigenvalue weighted by atomic mass is 9.81. The molecule has 0 spiro atoms. The number of methoxy groups -OCH3 is 2. The molecule has 1 aromatic carbocycles. The summed E-state index contributed by atoms with van der Waals surface area (Å²) in [5.41, 5.74) is 2.03. The Morgan fingerprint density at radius 2 is 1.96 bits per heavy atom. The van der Waals surface area contributed by atoms with Crippen LogP contribution in [0.3, 0.4) is 0 Å². The highest BCUT2D eigenvalue weighted by Crippen LogP contribution is 2.38. The average molecular weight is 381 g/mol. The Labute approximate surface area is 144 Å². The number of aromatic nitrogens is 2. The summed E-state index contributed by atoms with van der Waals surface area (Å²) in [7, 11) is 5.17. The first-order chi connectivity index (χ1) is 11.0. The van der Waals surface area contributed by atoms with Gasteiger partial charge in [-0.25, -0.2) is 4.98 Å². The number of carbonyl (C=O) groups excluding carboxylic acids is 1. The van der Waals surface area contributed by atoms with Gasteiger partial charge >= 0.3 is 5.97 Å². The predicted molar refractivity (Wildman–Crippen MR) is 91.7 cm³/mol. The summed E-state index contributed by atoms with van der Waals surface area (Å²) < 4.78 is 13.3. The number of rotatable bonds is 3. The molecule has 0 N–H and O–H groups in total. The maximum absolute atomic E-state index is 11.7. The molecule has 2 aromatic rings. The van der Waals surface area contributed by atoms with E-state index in [1.54, 1.807) is 7.11 Å². The quantitative estimate of drug-likeness (QED) is 0.760. The van der Waals surface area contributed by atoms with Gasteiger partial charge < -0.3 is 14.0 Å². The highest BCUT2D eigenvalue weighted by Gasteiger charge is 2.30. The van der Waals surface area contributed by atoms with Gasteiger partial charge in [0.25, 0.3) is 0 Å². The second-order valence-electron chi connectivity index (χ2n) is 6.08.